The number of rotatable bonds is 39. The van der Waals surface area contributed by atoms with Crippen molar-refractivity contribution in [1.29, 1.82) is 0 Å². The molecule has 5 atom stereocenters. The number of nitrogens with zero attached hydrogens (tertiary/aromatic N) is 6. The number of nitro benzene ring substituents is 2. The number of aliphatic carboxylic acids is 5. The Morgan fingerprint density at radius 1 is 0.490 bits per heavy atom. The first-order valence-corrected chi connectivity index (χ1v) is 32.3. The third-order valence-corrected chi connectivity index (χ3v) is 16.3. The van der Waals surface area contributed by atoms with Crippen LogP contribution in [-0.2, 0) is 65.6 Å². The van der Waals surface area contributed by atoms with E-state index in [1.807, 2.05) is 13.0 Å². The number of amides is 7. The Labute approximate surface area is 573 Å². The van der Waals surface area contributed by atoms with Crippen LogP contribution in [0, 0.1) is 20.2 Å². The molecule has 4 aromatic rings. The van der Waals surface area contributed by atoms with Crippen LogP contribution in [0.25, 0.3) is 10.8 Å². The average molecular weight is 1400 g/mol. The Kier molecular flexibility index (Phi) is 32.6. The number of aromatic hydroxyl groups is 1. The molecule has 7 amide bonds. The van der Waals surface area contributed by atoms with Crippen LogP contribution in [0.15, 0.2) is 84.9 Å². The van der Waals surface area contributed by atoms with Crippen LogP contribution in [0.1, 0.15) is 86.2 Å². The predicted molar refractivity (Wildman–Crippen MR) is 355 cm³/mol. The largest absolute Gasteiger partial charge is 0.508 e. The first-order chi connectivity index (χ1) is 47.6. The lowest BCUT2D eigenvalue weighted by molar-refractivity contribution is -0.394. The molecule has 1 fully saturated rings. The van der Waals surface area contributed by atoms with Crippen molar-refractivity contribution >= 4 is 93.3 Å². The number of hydrogen-bond acceptors (Lipinski definition) is 21. The SMILES string of the molecule is CCCCNC(=O)CCC(=O)NCCCC[C@@H](NC(=O)[C@@H](Cc1ccc2ccccc2c1)NC(=O)[C@@H](Cc1ccc(O)cc1)NC(=O)[C@H](CNC(=O)CCC(C(=O)O)N1CCN(CC(=O)O)CCN(CC(=O)O)CCN(CC(=O)O)CC1)NC(=O)c1ccc([N+](=O)[O-])cc1[N+](=O)[O-])C(=O)O. The van der Waals surface area contributed by atoms with Crippen LogP contribution in [0.4, 0.5) is 11.4 Å². The number of carboxylic acid groups (broad SMARTS) is 5. The van der Waals surface area contributed by atoms with E-state index in [4.69, 9.17) is 0 Å². The number of benzene rings is 4. The van der Waals surface area contributed by atoms with Crippen molar-refractivity contribution in [2.24, 2.45) is 0 Å². The number of carbonyl (C=O) groups excluding carboxylic acids is 7. The number of nitrogens with one attached hydrogen (secondary N) is 7. The van der Waals surface area contributed by atoms with Crippen LogP contribution in [-0.4, -0.2) is 253 Å². The van der Waals surface area contributed by atoms with Crippen molar-refractivity contribution in [1.82, 2.24) is 56.8 Å². The van der Waals surface area contributed by atoms with Crippen LogP contribution in [0.2, 0.25) is 0 Å². The van der Waals surface area contributed by atoms with E-state index in [-0.39, 0.29) is 115 Å². The summed E-state index contributed by atoms with van der Waals surface area (Å²) >= 11 is 0. The quantitative estimate of drug-likeness (QED) is 0.0162. The van der Waals surface area contributed by atoms with Gasteiger partial charge in [0.25, 0.3) is 17.3 Å². The van der Waals surface area contributed by atoms with Crippen molar-refractivity contribution in [3.05, 3.63) is 122 Å². The summed E-state index contributed by atoms with van der Waals surface area (Å²) in [4.78, 5) is 186. The summed E-state index contributed by atoms with van der Waals surface area (Å²) in [5.74, 6) is -13.2. The van der Waals surface area contributed by atoms with Gasteiger partial charge in [0.05, 0.1) is 35.5 Å². The van der Waals surface area contributed by atoms with E-state index in [0.29, 0.717) is 18.2 Å². The molecule has 13 N–H and O–H groups in total. The van der Waals surface area contributed by atoms with Gasteiger partial charge in [-0.15, -0.1) is 0 Å². The summed E-state index contributed by atoms with van der Waals surface area (Å²) in [7, 11) is 0. The number of phenols is 1. The number of hydrogen-bond donors (Lipinski definition) is 13. The number of carbonyl (C=O) groups is 12. The maximum Gasteiger partial charge on any atom is 0.326 e. The third kappa shape index (κ3) is 28.0. The lowest BCUT2D eigenvalue weighted by Crippen LogP contribution is -2.60. The first kappa shape index (κ1) is 79.9. The molecule has 0 saturated carbocycles. The topological polar surface area (TPSA) is 510 Å². The normalized spacial score (nSPS) is 14.9. The molecule has 35 nitrogen and oxygen atoms in total. The van der Waals surface area contributed by atoms with E-state index >= 15 is 0 Å². The fourth-order valence-electron chi connectivity index (χ4n) is 10.8. The van der Waals surface area contributed by atoms with Crippen LogP contribution in [0.5, 0.6) is 5.75 Å². The molecule has 0 aromatic heterocycles. The number of unbranched alkanes of at least 4 members (excludes halogenated alkanes) is 2. The van der Waals surface area contributed by atoms with Gasteiger partial charge in [0.1, 0.15) is 41.5 Å². The molecule has 0 aliphatic carbocycles. The molecule has 1 unspecified atom stereocenters. The standard InChI is InChI=1S/C65H85N13O22/c1-2-3-23-66-54(80)21-22-55(81)67-24-7-6-10-48(64(93)94)69-61(90)50(35-42-11-14-43-8-4-5-9-44(43)33-42)70-62(91)49(34-41-12-16-46(79)17-13-41)71-63(92)51(72-60(89)47-18-15-45(77(97)98)36-53(47)78(99)100)37-68-56(82)20-19-52(65(95)96)76-31-29-74(39-58(85)86)27-25-73(38-57(83)84)26-28-75(30-32-76)40-59(87)88/h4-5,8-9,11-18,33,36,48-52,79H,2-3,6-7,10,19-32,34-35,37-40H2,1H3,(H,66,80)(H,67,81)(H,68,82)(H,69,90)(H,70,91)(H,71,92)(H,72,89)(H,83,84)(H,85,86)(H,87,88)(H,93,94)(H,95,96)/t48-,49-,50-,51+,52?/m1/s1. The predicted octanol–water partition coefficient (Wildman–Crippen LogP) is 0.293. The fraction of sp³-hybridized carbons (Fsp3) is 0.477. The molecule has 1 saturated heterocycles. The summed E-state index contributed by atoms with van der Waals surface area (Å²) in [6, 6.07) is 11.1. The fourth-order valence-corrected chi connectivity index (χ4v) is 10.8. The van der Waals surface area contributed by atoms with E-state index in [1.165, 1.54) is 43.9 Å². The first-order valence-electron chi connectivity index (χ1n) is 32.3. The molecule has 1 heterocycles. The third-order valence-electron chi connectivity index (χ3n) is 16.3. The molecule has 100 heavy (non-hydrogen) atoms. The van der Waals surface area contributed by atoms with Gasteiger partial charge in [-0.2, -0.15) is 0 Å². The van der Waals surface area contributed by atoms with Gasteiger partial charge >= 0.3 is 29.8 Å². The second-order valence-electron chi connectivity index (χ2n) is 23.8. The second kappa shape index (κ2) is 40.8. The van der Waals surface area contributed by atoms with Gasteiger partial charge in [0.2, 0.25) is 35.4 Å². The van der Waals surface area contributed by atoms with E-state index in [2.05, 4.69) is 37.2 Å². The lowest BCUT2D eigenvalue weighted by atomic mass is 9.99. The highest BCUT2D eigenvalue weighted by molar-refractivity contribution is 6.02. The number of carboxylic acids is 5. The highest BCUT2D eigenvalue weighted by atomic mass is 16.6. The van der Waals surface area contributed by atoms with Crippen LogP contribution >= 0.6 is 0 Å². The van der Waals surface area contributed by atoms with Gasteiger partial charge in [-0.1, -0.05) is 67.9 Å². The van der Waals surface area contributed by atoms with Crippen molar-refractivity contribution in [2.45, 2.75) is 108 Å². The number of nitro groups is 2. The van der Waals surface area contributed by atoms with E-state index in [1.54, 1.807) is 36.4 Å². The van der Waals surface area contributed by atoms with Crippen molar-refractivity contribution in [2.75, 3.05) is 91.6 Å². The Hall–Kier alpha value is -10.8. The molecule has 35 heteroatoms. The summed E-state index contributed by atoms with van der Waals surface area (Å²) in [5, 5.41) is 103. The average Bonchev–Trinajstić information content (AvgIpc) is 0.832. The monoisotopic (exact) mass is 1400 g/mol. The molecular formula is C65H85N13O22. The zero-order valence-corrected chi connectivity index (χ0v) is 55.0. The maximum absolute atomic E-state index is 14.9. The Morgan fingerprint density at radius 2 is 0.980 bits per heavy atom. The number of fused-ring (bicyclic) bond motifs is 1. The van der Waals surface area contributed by atoms with Gasteiger partial charge in [-0.25, -0.2) is 4.79 Å². The molecule has 0 bridgehead atoms. The van der Waals surface area contributed by atoms with E-state index in [0.717, 1.165) is 35.7 Å². The van der Waals surface area contributed by atoms with Crippen molar-refractivity contribution in [3.63, 3.8) is 0 Å². The van der Waals surface area contributed by atoms with Gasteiger partial charge in [0.15, 0.2) is 0 Å². The molecule has 0 spiro atoms. The smallest absolute Gasteiger partial charge is 0.326 e. The molecule has 542 valence electrons. The Balaban J connectivity index is 1.44. The number of non-ortho nitro benzene ring substituents is 1. The zero-order valence-electron chi connectivity index (χ0n) is 55.0. The second-order valence-corrected chi connectivity index (χ2v) is 23.8. The van der Waals surface area contributed by atoms with Crippen LogP contribution in [0.3, 0.4) is 0 Å². The summed E-state index contributed by atoms with van der Waals surface area (Å²) in [6.07, 6.45) is -0.0102. The van der Waals surface area contributed by atoms with E-state index < -0.39 is 168 Å². The molecule has 1 aliphatic rings. The van der Waals surface area contributed by atoms with Gasteiger partial charge in [0, 0.05) is 110 Å². The Morgan fingerprint density at radius 3 is 1.49 bits per heavy atom. The zero-order chi connectivity index (χ0) is 73.4. The van der Waals surface area contributed by atoms with Crippen molar-refractivity contribution < 1.29 is 98.0 Å². The van der Waals surface area contributed by atoms with E-state index in [9.17, 15) is 108 Å². The molecule has 0 radical (unpaired) electrons. The lowest BCUT2D eigenvalue weighted by Gasteiger charge is -2.35. The minimum atomic E-state index is -2.03. The van der Waals surface area contributed by atoms with Crippen LogP contribution < -0.4 is 37.2 Å². The summed E-state index contributed by atoms with van der Waals surface area (Å²) < 4.78 is 0. The molecular weight excluding hydrogens is 1310 g/mol. The van der Waals surface area contributed by atoms with Gasteiger partial charge in [-0.05, 0) is 72.2 Å². The molecule has 4 aromatic carbocycles. The summed E-state index contributed by atoms with van der Waals surface area (Å²) in [5.41, 5.74) is -1.93. The number of phenolic OH excluding ortho intramolecular Hbond substituents is 1. The highest BCUT2D eigenvalue weighted by Crippen LogP contribution is 2.25. The maximum atomic E-state index is 14.9. The Bertz CT molecular complexity index is 3530. The molecule has 1 aliphatic heterocycles. The minimum Gasteiger partial charge on any atom is -0.508 e. The van der Waals surface area contributed by atoms with Crippen molar-refractivity contribution in [3.8, 4) is 5.75 Å². The summed E-state index contributed by atoms with van der Waals surface area (Å²) in [6.45, 7) is -0.214. The van der Waals surface area contributed by atoms with Gasteiger partial charge < -0.3 is 67.9 Å². The van der Waals surface area contributed by atoms with Gasteiger partial charge in [-0.3, -0.25) is 92.6 Å². The minimum absolute atomic E-state index is 0.00800. The molecule has 5 rings (SSSR count). The highest BCUT2D eigenvalue weighted by Gasteiger charge is 2.35.